The molecule has 102 valence electrons. The first-order valence-electron chi connectivity index (χ1n) is 5.63. The number of amides is 1. The van der Waals surface area contributed by atoms with E-state index in [9.17, 15) is 13.2 Å². The molecular formula is C11H18N2O3S2. The van der Waals surface area contributed by atoms with Crippen molar-refractivity contribution in [2.45, 2.75) is 32.1 Å². The van der Waals surface area contributed by atoms with Gasteiger partial charge in [-0.15, -0.1) is 11.3 Å². The number of sulfonamides is 1. The summed E-state index contributed by atoms with van der Waals surface area (Å²) in [4.78, 5) is 12.7. The Morgan fingerprint density at radius 1 is 1.50 bits per heavy atom. The van der Waals surface area contributed by atoms with Crippen LogP contribution in [-0.2, 0) is 10.0 Å². The minimum absolute atomic E-state index is 0.0292. The zero-order valence-electron chi connectivity index (χ0n) is 10.7. The van der Waals surface area contributed by atoms with Crippen LogP contribution >= 0.6 is 11.3 Å². The third-order valence-electron chi connectivity index (χ3n) is 2.41. The number of hydrogen-bond acceptors (Lipinski definition) is 4. The van der Waals surface area contributed by atoms with Crippen molar-refractivity contribution in [1.29, 1.82) is 0 Å². The van der Waals surface area contributed by atoms with Crippen molar-refractivity contribution in [3.8, 4) is 0 Å². The Kier molecular flexibility index (Phi) is 4.89. The third kappa shape index (κ3) is 4.08. The molecule has 0 fully saturated rings. The Balaban J connectivity index is 2.77. The fourth-order valence-electron chi connectivity index (χ4n) is 1.42. The lowest BCUT2D eigenvalue weighted by molar-refractivity contribution is 0.0956. The lowest BCUT2D eigenvalue weighted by Crippen LogP contribution is -2.24. The summed E-state index contributed by atoms with van der Waals surface area (Å²) in [5.74, 6) is 0.258. The molecule has 7 heteroatoms. The van der Waals surface area contributed by atoms with Crippen molar-refractivity contribution in [3.63, 3.8) is 0 Å². The summed E-state index contributed by atoms with van der Waals surface area (Å²) in [6.45, 7) is 6.36. The molecule has 1 heterocycles. The summed E-state index contributed by atoms with van der Waals surface area (Å²) < 4.78 is 22.5. The highest BCUT2D eigenvalue weighted by molar-refractivity contribution is 7.89. The topological polar surface area (TPSA) is 89.3 Å². The van der Waals surface area contributed by atoms with Crippen LogP contribution in [0.25, 0.3) is 0 Å². The standard InChI is InChI=1S/C11H18N2O3S2/c1-7(2)4-5-13-11(14)9-6-10(8(3)17-9)18(12,15)16/h6-7H,4-5H2,1-3H3,(H,13,14)(H2,12,15,16). The molecule has 0 saturated heterocycles. The minimum atomic E-state index is -3.75. The van der Waals surface area contributed by atoms with E-state index in [4.69, 9.17) is 5.14 Å². The molecule has 3 N–H and O–H groups in total. The van der Waals surface area contributed by atoms with E-state index in [0.29, 0.717) is 22.2 Å². The van der Waals surface area contributed by atoms with Crippen LogP contribution in [0.2, 0.25) is 0 Å². The maximum Gasteiger partial charge on any atom is 0.261 e. The average Bonchev–Trinajstić information content (AvgIpc) is 2.59. The Morgan fingerprint density at radius 3 is 2.56 bits per heavy atom. The third-order valence-corrected chi connectivity index (χ3v) is 4.63. The normalized spacial score (nSPS) is 11.8. The number of nitrogens with two attached hydrogens (primary N) is 1. The van der Waals surface area contributed by atoms with Gasteiger partial charge in [0.1, 0.15) is 0 Å². The quantitative estimate of drug-likeness (QED) is 0.860. The number of rotatable bonds is 5. The van der Waals surface area contributed by atoms with Gasteiger partial charge in [-0.3, -0.25) is 4.79 Å². The maximum atomic E-state index is 11.8. The van der Waals surface area contributed by atoms with Gasteiger partial charge in [-0.25, -0.2) is 13.6 Å². The monoisotopic (exact) mass is 290 g/mol. The summed E-state index contributed by atoms with van der Waals surface area (Å²) in [5.41, 5.74) is 0. The molecule has 18 heavy (non-hydrogen) atoms. The Morgan fingerprint density at radius 2 is 2.11 bits per heavy atom. The van der Waals surface area contributed by atoms with Gasteiger partial charge in [0.05, 0.1) is 9.77 Å². The van der Waals surface area contributed by atoms with Crippen LogP contribution < -0.4 is 10.5 Å². The van der Waals surface area contributed by atoms with Crippen molar-refractivity contribution < 1.29 is 13.2 Å². The molecule has 0 bridgehead atoms. The van der Waals surface area contributed by atoms with Gasteiger partial charge in [-0.1, -0.05) is 13.8 Å². The van der Waals surface area contributed by atoms with Crippen molar-refractivity contribution >= 4 is 27.3 Å². The first-order chi connectivity index (χ1) is 8.21. The van der Waals surface area contributed by atoms with Gasteiger partial charge in [0, 0.05) is 11.4 Å². The number of hydrogen-bond donors (Lipinski definition) is 2. The second kappa shape index (κ2) is 5.81. The van der Waals surface area contributed by atoms with Crippen LogP contribution in [0.1, 0.15) is 34.8 Å². The first-order valence-corrected chi connectivity index (χ1v) is 7.99. The number of carbonyl (C=O) groups excluding carboxylic acids is 1. The van der Waals surface area contributed by atoms with E-state index >= 15 is 0 Å². The largest absolute Gasteiger partial charge is 0.351 e. The molecule has 0 aromatic carbocycles. The average molecular weight is 290 g/mol. The highest BCUT2D eigenvalue weighted by Crippen LogP contribution is 2.24. The van der Waals surface area contributed by atoms with E-state index < -0.39 is 10.0 Å². The van der Waals surface area contributed by atoms with Gasteiger partial charge in [0.25, 0.3) is 5.91 Å². The van der Waals surface area contributed by atoms with E-state index in [-0.39, 0.29) is 10.8 Å². The molecule has 0 atom stereocenters. The summed E-state index contributed by atoms with van der Waals surface area (Å²) >= 11 is 1.14. The minimum Gasteiger partial charge on any atom is -0.351 e. The van der Waals surface area contributed by atoms with Gasteiger partial charge < -0.3 is 5.32 Å². The molecule has 1 aromatic heterocycles. The Bertz CT molecular complexity index is 532. The van der Waals surface area contributed by atoms with E-state index in [1.165, 1.54) is 6.07 Å². The van der Waals surface area contributed by atoms with Gasteiger partial charge >= 0.3 is 0 Å². The Labute approximate surface area is 111 Å². The lowest BCUT2D eigenvalue weighted by atomic mass is 10.1. The number of nitrogens with one attached hydrogen (secondary N) is 1. The molecule has 1 aromatic rings. The summed E-state index contributed by atoms with van der Waals surface area (Å²) in [7, 11) is -3.75. The van der Waals surface area contributed by atoms with Gasteiger partial charge in [-0.2, -0.15) is 0 Å². The predicted molar refractivity (Wildman–Crippen MR) is 72.2 cm³/mol. The van der Waals surface area contributed by atoms with E-state index in [2.05, 4.69) is 19.2 Å². The number of aryl methyl sites for hydroxylation is 1. The molecule has 0 unspecified atom stereocenters. The number of carbonyl (C=O) groups is 1. The van der Waals surface area contributed by atoms with E-state index in [0.717, 1.165) is 17.8 Å². The van der Waals surface area contributed by atoms with Crippen molar-refractivity contribution in [2.24, 2.45) is 11.1 Å². The maximum absolute atomic E-state index is 11.8. The van der Waals surface area contributed by atoms with E-state index in [1.807, 2.05) is 0 Å². The zero-order valence-corrected chi connectivity index (χ0v) is 12.3. The molecule has 0 radical (unpaired) electrons. The zero-order chi connectivity index (χ0) is 13.9. The van der Waals surface area contributed by atoms with Crippen LogP contribution in [0.15, 0.2) is 11.0 Å². The highest BCUT2D eigenvalue weighted by atomic mass is 32.2. The molecule has 0 saturated carbocycles. The molecule has 5 nitrogen and oxygen atoms in total. The lowest BCUT2D eigenvalue weighted by Gasteiger charge is -2.05. The number of primary sulfonamides is 1. The summed E-state index contributed by atoms with van der Waals surface area (Å²) in [6.07, 6.45) is 0.887. The molecule has 1 rings (SSSR count). The Hall–Kier alpha value is -0.920. The van der Waals surface area contributed by atoms with Crippen LogP contribution in [0.3, 0.4) is 0 Å². The second-order valence-corrected chi connectivity index (χ2v) is 7.30. The highest BCUT2D eigenvalue weighted by Gasteiger charge is 2.18. The predicted octanol–water partition coefficient (Wildman–Crippen LogP) is 1.48. The van der Waals surface area contributed by atoms with Gasteiger partial charge in [0.15, 0.2) is 0 Å². The van der Waals surface area contributed by atoms with Crippen LogP contribution in [0, 0.1) is 12.8 Å². The number of thiophene rings is 1. The fraction of sp³-hybridized carbons (Fsp3) is 0.545. The molecule has 1 amide bonds. The van der Waals surface area contributed by atoms with Crippen LogP contribution in [0.5, 0.6) is 0 Å². The summed E-state index contributed by atoms with van der Waals surface area (Å²) in [5, 5.41) is 7.82. The molecule has 0 aliphatic heterocycles. The van der Waals surface area contributed by atoms with Crippen LogP contribution in [-0.4, -0.2) is 20.9 Å². The molecule has 0 aliphatic carbocycles. The van der Waals surface area contributed by atoms with Gasteiger partial charge in [0.2, 0.25) is 10.0 Å². The van der Waals surface area contributed by atoms with Crippen LogP contribution in [0.4, 0.5) is 0 Å². The second-order valence-electron chi connectivity index (χ2n) is 4.51. The van der Waals surface area contributed by atoms with E-state index in [1.54, 1.807) is 6.92 Å². The first kappa shape index (κ1) is 15.1. The van der Waals surface area contributed by atoms with Gasteiger partial charge in [-0.05, 0) is 25.3 Å². The van der Waals surface area contributed by atoms with Crippen molar-refractivity contribution in [3.05, 3.63) is 15.8 Å². The fourth-order valence-corrected chi connectivity index (χ4v) is 3.48. The molecule has 0 spiro atoms. The molecular weight excluding hydrogens is 272 g/mol. The molecule has 0 aliphatic rings. The summed E-state index contributed by atoms with van der Waals surface area (Å²) in [6, 6.07) is 1.33. The SMILES string of the molecule is Cc1sc(C(=O)NCCC(C)C)cc1S(N)(=O)=O. The van der Waals surface area contributed by atoms with Crippen molar-refractivity contribution in [2.75, 3.05) is 6.54 Å². The van der Waals surface area contributed by atoms with Crippen molar-refractivity contribution in [1.82, 2.24) is 5.32 Å². The smallest absolute Gasteiger partial charge is 0.261 e.